The minimum atomic E-state index is -0.274. The van der Waals surface area contributed by atoms with Crippen LogP contribution in [0, 0.1) is 6.92 Å². The largest absolute Gasteiger partial charge is 0.445 e. The molecule has 0 unspecified atom stereocenters. The predicted molar refractivity (Wildman–Crippen MR) is 120 cm³/mol. The summed E-state index contributed by atoms with van der Waals surface area (Å²) in [4.78, 5) is 35.1. The number of hydrogen-bond acceptors (Lipinski definition) is 5. The van der Waals surface area contributed by atoms with E-state index in [9.17, 15) is 9.59 Å². The third kappa shape index (κ3) is 3.44. The summed E-state index contributed by atoms with van der Waals surface area (Å²) in [5.74, 6) is 0.760. The first-order valence-electron chi connectivity index (χ1n) is 9.94. The lowest BCUT2D eigenvalue weighted by Gasteiger charge is -2.13. The highest BCUT2D eigenvalue weighted by Crippen LogP contribution is 2.19. The number of aromatic nitrogens is 5. The molecule has 1 aromatic carbocycles. The zero-order valence-electron chi connectivity index (χ0n) is 17.1. The minimum absolute atomic E-state index is 0.0697. The number of fused-ring (bicyclic) bond motifs is 1. The number of pyridine rings is 2. The van der Waals surface area contributed by atoms with E-state index in [1.54, 1.807) is 29.9 Å². The molecule has 0 aliphatic carbocycles. The van der Waals surface area contributed by atoms with Crippen LogP contribution in [0.25, 0.3) is 16.7 Å². The fraction of sp³-hybridized carbons (Fsp3) is 0.130. The first-order valence-corrected chi connectivity index (χ1v) is 10.3. The normalized spacial score (nSPS) is 11.3. The highest BCUT2D eigenvalue weighted by molar-refractivity contribution is 6.29. The molecule has 0 bridgehead atoms. The van der Waals surface area contributed by atoms with Gasteiger partial charge in [0.05, 0.1) is 17.4 Å². The minimum Gasteiger partial charge on any atom is -0.445 e. The van der Waals surface area contributed by atoms with Gasteiger partial charge in [-0.2, -0.15) is 4.68 Å². The molecule has 4 aromatic heterocycles. The Balaban J connectivity index is 1.77. The number of oxazole rings is 1. The van der Waals surface area contributed by atoms with Gasteiger partial charge in [-0.05, 0) is 24.6 Å². The van der Waals surface area contributed by atoms with Gasteiger partial charge in [0.25, 0.3) is 11.1 Å². The zero-order valence-corrected chi connectivity index (χ0v) is 17.9. The van der Waals surface area contributed by atoms with Gasteiger partial charge in [-0.15, -0.1) is 0 Å². The van der Waals surface area contributed by atoms with Crippen LogP contribution in [0.4, 0.5) is 0 Å². The van der Waals surface area contributed by atoms with Crippen LogP contribution in [0.3, 0.4) is 0 Å². The Morgan fingerprint density at radius 3 is 2.50 bits per heavy atom. The SMILES string of the molecule is Cc1c2c(=O)n(-c3ccccn3)n(Cc3ccccc3)c2cc(=O)n1Cc1nc(Cl)co1. The van der Waals surface area contributed by atoms with E-state index < -0.39 is 0 Å². The Morgan fingerprint density at radius 2 is 1.81 bits per heavy atom. The highest BCUT2D eigenvalue weighted by atomic mass is 35.5. The van der Waals surface area contributed by atoms with E-state index in [4.69, 9.17) is 16.0 Å². The zero-order chi connectivity index (χ0) is 22.2. The maximum atomic E-state index is 13.6. The van der Waals surface area contributed by atoms with Gasteiger partial charge in [-0.3, -0.25) is 14.3 Å². The maximum absolute atomic E-state index is 13.6. The smallest absolute Gasteiger partial charge is 0.282 e. The first kappa shape index (κ1) is 20.0. The standard InChI is InChI=1S/C23H18ClN5O3/c1-15-22-17(11-21(30)27(15)13-20-26-18(24)14-32-20)28(12-16-7-3-2-4-8-16)29(23(22)31)19-9-5-6-10-25-19/h2-11,14H,12-13H2,1H3. The van der Waals surface area contributed by atoms with Crippen molar-refractivity contribution in [2.24, 2.45) is 0 Å². The third-order valence-corrected chi connectivity index (χ3v) is 5.51. The fourth-order valence-corrected chi connectivity index (χ4v) is 3.99. The Morgan fingerprint density at radius 1 is 1.03 bits per heavy atom. The lowest BCUT2D eigenvalue weighted by molar-refractivity contribution is 0.472. The van der Waals surface area contributed by atoms with Gasteiger partial charge in [-0.25, -0.2) is 9.97 Å². The molecule has 8 nitrogen and oxygen atoms in total. The number of rotatable bonds is 5. The summed E-state index contributed by atoms with van der Waals surface area (Å²) < 4.78 is 10.1. The second-order valence-corrected chi connectivity index (χ2v) is 7.71. The Kier molecular flexibility index (Phi) is 4.99. The summed E-state index contributed by atoms with van der Waals surface area (Å²) in [6, 6.07) is 16.6. The van der Waals surface area contributed by atoms with Crippen LogP contribution in [0.2, 0.25) is 5.15 Å². The van der Waals surface area contributed by atoms with E-state index in [0.29, 0.717) is 29.0 Å². The molecule has 0 spiro atoms. The molecule has 0 aliphatic rings. The molecular weight excluding hydrogens is 430 g/mol. The quantitative estimate of drug-likeness (QED) is 0.412. The lowest BCUT2D eigenvalue weighted by atomic mass is 10.2. The van der Waals surface area contributed by atoms with Crippen molar-refractivity contribution >= 4 is 22.5 Å². The van der Waals surface area contributed by atoms with Crippen molar-refractivity contribution in [3.05, 3.63) is 110 Å². The van der Waals surface area contributed by atoms with Gasteiger partial charge < -0.3 is 8.98 Å². The van der Waals surface area contributed by atoms with Crippen molar-refractivity contribution in [3.8, 4) is 5.82 Å². The van der Waals surface area contributed by atoms with Crippen LogP contribution in [0.5, 0.6) is 0 Å². The lowest BCUT2D eigenvalue weighted by Crippen LogP contribution is -2.24. The molecule has 9 heteroatoms. The van der Waals surface area contributed by atoms with Crippen LogP contribution in [0.15, 0.2) is 81.1 Å². The average Bonchev–Trinajstić information content (AvgIpc) is 3.33. The summed E-state index contributed by atoms with van der Waals surface area (Å²) in [7, 11) is 0. The van der Waals surface area contributed by atoms with Gasteiger partial charge in [0.1, 0.15) is 12.8 Å². The van der Waals surface area contributed by atoms with Crippen LogP contribution < -0.4 is 11.1 Å². The van der Waals surface area contributed by atoms with Crippen LogP contribution in [-0.4, -0.2) is 23.9 Å². The van der Waals surface area contributed by atoms with E-state index in [0.717, 1.165) is 5.56 Å². The molecule has 0 atom stereocenters. The van der Waals surface area contributed by atoms with Crippen LogP contribution >= 0.6 is 11.6 Å². The molecule has 0 amide bonds. The molecule has 4 heterocycles. The van der Waals surface area contributed by atoms with Gasteiger partial charge >= 0.3 is 0 Å². The van der Waals surface area contributed by atoms with E-state index in [2.05, 4.69) is 9.97 Å². The number of benzene rings is 1. The predicted octanol–water partition coefficient (Wildman–Crippen LogP) is 3.40. The van der Waals surface area contributed by atoms with Crippen molar-refractivity contribution in [1.82, 2.24) is 23.9 Å². The van der Waals surface area contributed by atoms with E-state index in [-0.39, 0.29) is 28.7 Å². The third-order valence-electron chi connectivity index (χ3n) is 5.33. The topological polar surface area (TPSA) is 87.9 Å². The molecule has 0 saturated carbocycles. The molecule has 0 aliphatic heterocycles. The summed E-state index contributed by atoms with van der Waals surface area (Å²) in [6.45, 7) is 2.21. The Hall–Kier alpha value is -3.91. The van der Waals surface area contributed by atoms with E-state index in [1.165, 1.54) is 21.6 Å². The molecule has 32 heavy (non-hydrogen) atoms. The molecule has 5 rings (SSSR count). The average molecular weight is 448 g/mol. The molecular formula is C23H18ClN5O3. The summed E-state index contributed by atoms with van der Waals surface area (Å²) in [5, 5.41) is 0.641. The number of aryl methyl sites for hydroxylation is 1. The molecule has 0 fully saturated rings. The van der Waals surface area contributed by atoms with Crippen molar-refractivity contribution < 1.29 is 4.42 Å². The van der Waals surface area contributed by atoms with Gasteiger partial charge in [0.2, 0.25) is 5.89 Å². The van der Waals surface area contributed by atoms with Crippen LogP contribution in [-0.2, 0) is 13.1 Å². The van der Waals surface area contributed by atoms with Gasteiger partial charge in [0, 0.05) is 18.0 Å². The Labute approximate surface area is 186 Å². The van der Waals surface area contributed by atoms with Gasteiger partial charge in [-0.1, -0.05) is 48.0 Å². The van der Waals surface area contributed by atoms with Crippen molar-refractivity contribution in [1.29, 1.82) is 0 Å². The van der Waals surface area contributed by atoms with Crippen molar-refractivity contribution in [2.75, 3.05) is 0 Å². The van der Waals surface area contributed by atoms with Crippen molar-refractivity contribution in [2.45, 2.75) is 20.0 Å². The Bertz CT molecular complexity index is 1530. The summed E-state index contributed by atoms with van der Waals surface area (Å²) >= 11 is 5.84. The second kappa shape index (κ2) is 7.97. The van der Waals surface area contributed by atoms with Gasteiger partial charge in [0.15, 0.2) is 11.0 Å². The molecule has 160 valence electrons. The maximum Gasteiger partial charge on any atom is 0.282 e. The fourth-order valence-electron chi connectivity index (χ4n) is 3.86. The summed E-state index contributed by atoms with van der Waals surface area (Å²) in [5.41, 5.74) is 1.51. The van der Waals surface area contributed by atoms with E-state index >= 15 is 0 Å². The number of hydrogen-bond donors (Lipinski definition) is 0. The second-order valence-electron chi connectivity index (χ2n) is 7.33. The highest BCUT2D eigenvalue weighted by Gasteiger charge is 2.21. The number of nitrogens with zero attached hydrogens (tertiary/aromatic N) is 5. The molecule has 5 aromatic rings. The first-order chi connectivity index (χ1) is 15.5. The molecule has 0 radical (unpaired) electrons. The molecule has 0 N–H and O–H groups in total. The van der Waals surface area contributed by atoms with Crippen LogP contribution in [0.1, 0.15) is 17.1 Å². The summed E-state index contributed by atoms with van der Waals surface area (Å²) in [6.07, 6.45) is 2.94. The molecule has 0 saturated heterocycles. The monoisotopic (exact) mass is 447 g/mol. The number of halogens is 1. The van der Waals surface area contributed by atoms with Crippen molar-refractivity contribution in [3.63, 3.8) is 0 Å². The van der Waals surface area contributed by atoms with E-state index in [1.807, 2.05) is 36.4 Å².